The zero-order valence-electron chi connectivity index (χ0n) is 10.0. The highest BCUT2D eigenvalue weighted by Crippen LogP contribution is 2.11. The number of aliphatic imine (C=N–C) groups is 1. The molecule has 0 radical (unpaired) electrons. The van der Waals surface area contributed by atoms with Gasteiger partial charge in [0.2, 0.25) is 0 Å². The molecule has 1 aromatic carbocycles. The van der Waals surface area contributed by atoms with E-state index in [9.17, 15) is 0 Å². The first-order chi connectivity index (χ1) is 8.26. The fourth-order valence-electron chi connectivity index (χ4n) is 1.32. The third-order valence-electron chi connectivity index (χ3n) is 2.07. The summed E-state index contributed by atoms with van der Waals surface area (Å²) < 4.78 is 0. The maximum absolute atomic E-state index is 5.91. The van der Waals surface area contributed by atoms with Crippen LogP contribution in [0.15, 0.2) is 41.9 Å². The Labute approximate surface area is 108 Å². The Morgan fingerprint density at radius 3 is 2.94 bits per heavy atom. The van der Waals surface area contributed by atoms with Gasteiger partial charge in [0, 0.05) is 18.1 Å². The van der Waals surface area contributed by atoms with Crippen LogP contribution in [-0.4, -0.2) is 19.0 Å². The minimum absolute atomic E-state index is 0.604. The van der Waals surface area contributed by atoms with Crippen LogP contribution in [-0.2, 0) is 6.54 Å². The number of halogens is 1. The van der Waals surface area contributed by atoms with Crippen LogP contribution >= 0.6 is 11.6 Å². The van der Waals surface area contributed by atoms with Gasteiger partial charge in [-0.1, -0.05) is 29.8 Å². The lowest BCUT2D eigenvalue weighted by atomic mass is 10.2. The summed E-state index contributed by atoms with van der Waals surface area (Å²) in [6.45, 7) is 7.82. The highest BCUT2D eigenvalue weighted by molar-refractivity contribution is 6.30. The van der Waals surface area contributed by atoms with E-state index in [1.807, 2.05) is 31.2 Å². The lowest BCUT2D eigenvalue weighted by Gasteiger charge is -2.09. The van der Waals surface area contributed by atoms with Crippen LogP contribution in [0, 0.1) is 0 Å². The molecule has 0 saturated carbocycles. The fraction of sp³-hybridized carbons (Fsp3) is 0.308. The maximum Gasteiger partial charge on any atom is 0.191 e. The number of benzene rings is 1. The van der Waals surface area contributed by atoms with Crippen LogP contribution in [0.2, 0.25) is 5.02 Å². The van der Waals surface area contributed by atoms with E-state index in [1.165, 1.54) is 0 Å². The van der Waals surface area contributed by atoms with Crippen molar-refractivity contribution in [2.45, 2.75) is 13.5 Å². The molecule has 0 aliphatic carbocycles. The van der Waals surface area contributed by atoms with E-state index in [1.54, 1.807) is 6.08 Å². The molecule has 2 N–H and O–H groups in total. The van der Waals surface area contributed by atoms with Gasteiger partial charge in [0.1, 0.15) is 0 Å². The molecule has 0 saturated heterocycles. The van der Waals surface area contributed by atoms with E-state index < -0.39 is 0 Å². The molecule has 0 unspecified atom stereocenters. The lowest BCUT2D eigenvalue weighted by Crippen LogP contribution is -2.37. The molecule has 0 atom stereocenters. The molecular weight excluding hydrogens is 234 g/mol. The average molecular weight is 252 g/mol. The molecule has 1 aromatic rings. The van der Waals surface area contributed by atoms with E-state index in [-0.39, 0.29) is 0 Å². The summed E-state index contributed by atoms with van der Waals surface area (Å²) in [5, 5.41) is 7.04. The molecule has 0 fully saturated rings. The van der Waals surface area contributed by atoms with Gasteiger partial charge in [-0.25, -0.2) is 4.99 Å². The summed E-state index contributed by atoms with van der Waals surface area (Å²) in [6, 6.07) is 7.71. The van der Waals surface area contributed by atoms with Gasteiger partial charge in [-0.15, -0.1) is 6.58 Å². The summed E-state index contributed by atoms with van der Waals surface area (Å²) >= 11 is 5.91. The SMILES string of the molecule is C=CCNC(=NCc1cccc(Cl)c1)NCC. The van der Waals surface area contributed by atoms with Crippen molar-refractivity contribution in [2.75, 3.05) is 13.1 Å². The molecular formula is C13H18ClN3. The van der Waals surface area contributed by atoms with Crippen LogP contribution in [0.4, 0.5) is 0 Å². The van der Waals surface area contributed by atoms with Crippen molar-refractivity contribution in [1.82, 2.24) is 10.6 Å². The number of nitrogens with zero attached hydrogens (tertiary/aromatic N) is 1. The zero-order chi connectivity index (χ0) is 12.5. The molecule has 0 aliphatic rings. The van der Waals surface area contributed by atoms with E-state index in [4.69, 9.17) is 11.6 Å². The van der Waals surface area contributed by atoms with Gasteiger partial charge in [0.25, 0.3) is 0 Å². The highest BCUT2D eigenvalue weighted by atomic mass is 35.5. The van der Waals surface area contributed by atoms with Crippen molar-refractivity contribution in [3.63, 3.8) is 0 Å². The molecule has 3 nitrogen and oxygen atoms in total. The first kappa shape index (κ1) is 13.6. The molecule has 0 heterocycles. The molecule has 17 heavy (non-hydrogen) atoms. The van der Waals surface area contributed by atoms with Crippen molar-refractivity contribution in [1.29, 1.82) is 0 Å². The standard InChI is InChI=1S/C13H18ClN3/c1-3-8-16-13(15-4-2)17-10-11-6-5-7-12(14)9-11/h3,5-7,9H,1,4,8,10H2,2H3,(H2,15,16,17). The van der Waals surface area contributed by atoms with Gasteiger partial charge in [0.15, 0.2) is 5.96 Å². The van der Waals surface area contributed by atoms with Crippen molar-refractivity contribution >= 4 is 17.6 Å². The van der Waals surface area contributed by atoms with Gasteiger partial charge in [0.05, 0.1) is 6.54 Å². The Morgan fingerprint density at radius 2 is 2.29 bits per heavy atom. The number of hydrogen-bond acceptors (Lipinski definition) is 1. The van der Waals surface area contributed by atoms with Gasteiger partial charge in [-0.05, 0) is 24.6 Å². The number of guanidine groups is 1. The van der Waals surface area contributed by atoms with Crippen molar-refractivity contribution in [3.8, 4) is 0 Å². The topological polar surface area (TPSA) is 36.4 Å². The second kappa shape index (κ2) is 7.74. The maximum atomic E-state index is 5.91. The largest absolute Gasteiger partial charge is 0.357 e. The molecule has 4 heteroatoms. The molecule has 0 aromatic heterocycles. The third-order valence-corrected chi connectivity index (χ3v) is 2.30. The number of hydrogen-bond donors (Lipinski definition) is 2. The van der Waals surface area contributed by atoms with Crippen molar-refractivity contribution in [2.24, 2.45) is 4.99 Å². The second-order valence-corrected chi connectivity index (χ2v) is 3.93. The molecule has 92 valence electrons. The Morgan fingerprint density at radius 1 is 1.47 bits per heavy atom. The normalized spacial score (nSPS) is 11.1. The van der Waals surface area contributed by atoms with Gasteiger partial charge in [-0.2, -0.15) is 0 Å². The summed E-state index contributed by atoms with van der Waals surface area (Å²) in [6.07, 6.45) is 1.80. The predicted molar refractivity (Wildman–Crippen MR) is 74.5 cm³/mol. The predicted octanol–water partition coefficient (Wildman–Crippen LogP) is 2.58. The van der Waals surface area contributed by atoms with E-state index in [2.05, 4.69) is 22.2 Å². The molecule has 1 rings (SSSR count). The molecule has 0 aliphatic heterocycles. The van der Waals surface area contributed by atoms with E-state index >= 15 is 0 Å². The van der Waals surface area contributed by atoms with Crippen LogP contribution in [0.5, 0.6) is 0 Å². The monoisotopic (exact) mass is 251 g/mol. The minimum atomic E-state index is 0.604. The Bertz CT molecular complexity index is 388. The summed E-state index contributed by atoms with van der Waals surface area (Å²) in [4.78, 5) is 4.45. The van der Waals surface area contributed by atoms with Crippen molar-refractivity contribution in [3.05, 3.63) is 47.5 Å². The van der Waals surface area contributed by atoms with Gasteiger partial charge < -0.3 is 10.6 Å². The highest BCUT2D eigenvalue weighted by Gasteiger charge is 1.96. The number of rotatable bonds is 5. The molecule has 0 bridgehead atoms. The summed E-state index contributed by atoms with van der Waals surface area (Å²) in [7, 11) is 0. The van der Waals surface area contributed by atoms with Crippen molar-refractivity contribution < 1.29 is 0 Å². The van der Waals surface area contributed by atoms with Crippen LogP contribution in [0.3, 0.4) is 0 Å². The number of nitrogens with one attached hydrogen (secondary N) is 2. The first-order valence-corrected chi connectivity index (χ1v) is 6.01. The second-order valence-electron chi connectivity index (χ2n) is 3.49. The Hall–Kier alpha value is -1.48. The minimum Gasteiger partial charge on any atom is -0.357 e. The fourth-order valence-corrected chi connectivity index (χ4v) is 1.53. The first-order valence-electron chi connectivity index (χ1n) is 5.63. The quantitative estimate of drug-likeness (QED) is 0.480. The molecule has 0 amide bonds. The summed E-state index contributed by atoms with van der Waals surface area (Å²) in [5.41, 5.74) is 1.09. The van der Waals surface area contributed by atoms with E-state index in [0.717, 1.165) is 23.1 Å². The van der Waals surface area contributed by atoms with Gasteiger partial charge >= 0.3 is 0 Å². The van der Waals surface area contributed by atoms with Crippen LogP contribution in [0.25, 0.3) is 0 Å². The van der Waals surface area contributed by atoms with E-state index in [0.29, 0.717) is 13.1 Å². The smallest absolute Gasteiger partial charge is 0.191 e. The average Bonchev–Trinajstić information content (AvgIpc) is 2.33. The zero-order valence-corrected chi connectivity index (χ0v) is 10.8. The Balaban J connectivity index is 2.61. The third kappa shape index (κ3) is 5.41. The van der Waals surface area contributed by atoms with Crippen LogP contribution < -0.4 is 10.6 Å². The van der Waals surface area contributed by atoms with Crippen LogP contribution in [0.1, 0.15) is 12.5 Å². The summed E-state index contributed by atoms with van der Waals surface area (Å²) in [5.74, 6) is 0.785. The molecule has 0 spiro atoms. The Kier molecular flexibility index (Phi) is 6.18. The lowest BCUT2D eigenvalue weighted by molar-refractivity contribution is 0.860. The van der Waals surface area contributed by atoms with Gasteiger partial charge in [-0.3, -0.25) is 0 Å².